The van der Waals surface area contributed by atoms with Gasteiger partial charge in [0.05, 0.1) is 0 Å². The van der Waals surface area contributed by atoms with E-state index in [-0.39, 0.29) is 18.4 Å². The second-order valence-corrected chi connectivity index (χ2v) is 5.22. The molecule has 0 bridgehead atoms. The maximum absolute atomic E-state index is 13.3. The Kier molecular flexibility index (Phi) is 2.97. The van der Waals surface area contributed by atoms with E-state index in [9.17, 15) is 9.18 Å². The minimum atomic E-state index is -0.405. The summed E-state index contributed by atoms with van der Waals surface area (Å²) in [7, 11) is 0. The van der Waals surface area contributed by atoms with Crippen LogP contribution in [0.25, 0.3) is 11.0 Å². The molecule has 0 atom stereocenters. The van der Waals surface area contributed by atoms with E-state index in [1.807, 2.05) is 0 Å². The number of carbonyl (C=O) groups is 1. The van der Waals surface area contributed by atoms with Gasteiger partial charge in [-0.15, -0.1) is 0 Å². The van der Waals surface area contributed by atoms with E-state index >= 15 is 0 Å². The van der Waals surface area contributed by atoms with Gasteiger partial charge in [-0.25, -0.2) is 4.39 Å². The number of rotatable bonds is 2. The van der Waals surface area contributed by atoms with Crippen LogP contribution in [0.15, 0.2) is 40.8 Å². The summed E-state index contributed by atoms with van der Waals surface area (Å²) in [6.07, 6.45) is 0. The fourth-order valence-corrected chi connectivity index (χ4v) is 2.57. The van der Waals surface area contributed by atoms with Crippen molar-refractivity contribution in [3.8, 4) is 11.5 Å². The molecule has 5 nitrogen and oxygen atoms in total. The molecule has 3 aromatic rings. The lowest BCUT2D eigenvalue weighted by molar-refractivity contribution is 0.0998. The van der Waals surface area contributed by atoms with Crippen LogP contribution in [0.1, 0.15) is 16.1 Å². The SMILES string of the molecule is Cc1c(C(=O)Nc2ccc3c(c2)OCO3)oc2ccc(F)cc12. The Morgan fingerprint density at radius 2 is 1.96 bits per heavy atom. The third kappa shape index (κ3) is 2.28. The van der Waals surface area contributed by atoms with Crippen molar-refractivity contribution in [2.45, 2.75) is 6.92 Å². The zero-order valence-electron chi connectivity index (χ0n) is 12.2. The average Bonchev–Trinajstić information content (AvgIpc) is 3.12. The summed E-state index contributed by atoms with van der Waals surface area (Å²) in [4.78, 5) is 12.4. The van der Waals surface area contributed by atoms with Crippen LogP contribution in [0.2, 0.25) is 0 Å². The van der Waals surface area contributed by atoms with E-state index < -0.39 is 5.91 Å². The molecule has 1 aliphatic rings. The first-order chi connectivity index (χ1) is 11.1. The fraction of sp³-hybridized carbons (Fsp3) is 0.118. The predicted octanol–water partition coefficient (Wildman–Crippen LogP) is 3.86. The first-order valence-electron chi connectivity index (χ1n) is 7.01. The van der Waals surface area contributed by atoms with E-state index in [2.05, 4.69) is 5.32 Å². The molecule has 116 valence electrons. The number of nitrogens with one attached hydrogen (secondary N) is 1. The monoisotopic (exact) mass is 313 g/mol. The van der Waals surface area contributed by atoms with Gasteiger partial charge in [0, 0.05) is 22.7 Å². The zero-order valence-corrected chi connectivity index (χ0v) is 12.2. The molecule has 0 spiro atoms. The number of fused-ring (bicyclic) bond motifs is 2. The smallest absolute Gasteiger partial charge is 0.291 e. The molecular weight excluding hydrogens is 301 g/mol. The Morgan fingerprint density at radius 3 is 2.83 bits per heavy atom. The Hall–Kier alpha value is -3.02. The van der Waals surface area contributed by atoms with Crippen molar-refractivity contribution in [1.29, 1.82) is 0 Å². The highest BCUT2D eigenvalue weighted by molar-refractivity contribution is 6.06. The Balaban J connectivity index is 1.65. The van der Waals surface area contributed by atoms with Gasteiger partial charge in [0.2, 0.25) is 6.79 Å². The molecule has 0 aliphatic carbocycles. The van der Waals surface area contributed by atoms with Crippen LogP contribution in [0, 0.1) is 12.7 Å². The summed E-state index contributed by atoms with van der Waals surface area (Å²) in [6.45, 7) is 1.89. The summed E-state index contributed by atoms with van der Waals surface area (Å²) in [5.41, 5.74) is 1.63. The van der Waals surface area contributed by atoms with Crippen LogP contribution in [-0.4, -0.2) is 12.7 Å². The number of anilines is 1. The summed E-state index contributed by atoms with van der Waals surface area (Å²) < 4.78 is 29.4. The second kappa shape index (κ2) is 5.01. The quantitative estimate of drug-likeness (QED) is 0.780. The minimum absolute atomic E-state index is 0.156. The van der Waals surface area contributed by atoms with Crippen molar-refractivity contribution in [1.82, 2.24) is 0 Å². The van der Waals surface area contributed by atoms with Crippen molar-refractivity contribution < 1.29 is 23.1 Å². The Morgan fingerprint density at radius 1 is 1.13 bits per heavy atom. The maximum atomic E-state index is 13.3. The summed E-state index contributed by atoms with van der Waals surface area (Å²) in [5, 5.41) is 3.33. The normalized spacial score (nSPS) is 12.6. The lowest BCUT2D eigenvalue weighted by Crippen LogP contribution is -2.12. The minimum Gasteiger partial charge on any atom is -0.454 e. The summed E-state index contributed by atoms with van der Waals surface area (Å²) in [5.74, 6) is 0.593. The average molecular weight is 313 g/mol. The fourth-order valence-electron chi connectivity index (χ4n) is 2.57. The Labute approximate surface area is 130 Å². The number of aryl methyl sites for hydroxylation is 1. The van der Waals surface area contributed by atoms with E-state index in [0.29, 0.717) is 33.7 Å². The van der Waals surface area contributed by atoms with E-state index in [4.69, 9.17) is 13.9 Å². The van der Waals surface area contributed by atoms with Crippen molar-refractivity contribution in [2.75, 3.05) is 12.1 Å². The van der Waals surface area contributed by atoms with Gasteiger partial charge in [-0.3, -0.25) is 4.79 Å². The highest BCUT2D eigenvalue weighted by atomic mass is 19.1. The number of furan rings is 1. The van der Waals surface area contributed by atoms with Crippen molar-refractivity contribution in [3.05, 3.63) is 53.5 Å². The van der Waals surface area contributed by atoms with Gasteiger partial charge in [-0.05, 0) is 37.3 Å². The highest BCUT2D eigenvalue weighted by Gasteiger charge is 2.19. The first-order valence-corrected chi connectivity index (χ1v) is 7.01. The van der Waals surface area contributed by atoms with Crippen LogP contribution in [0.3, 0.4) is 0 Å². The van der Waals surface area contributed by atoms with Crippen LogP contribution in [-0.2, 0) is 0 Å². The Bertz CT molecular complexity index is 932. The molecule has 1 aromatic heterocycles. The number of benzene rings is 2. The lowest BCUT2D eigenvalue weighted by atomic mass is 10.1. The van der Waals surface area contributed by atoms with Crippen molar-refractivity contribution in [2.24, 2.45) is 0 Å². The molecule has 23 heavy (non-hydrogen) atoms. The van der Waals surface area contributed by atoms with Crippen LogP contribution < -0.4 is 14.8 Å². The van der Waals surface area contributed by atoms with Gasteiger partial charge >= 0.3 is 0 Å². The lowest BCUT2D eigenvalue weighted by Gasteiger charge is -2.05. The third-order valence-electron chi connectivity index (χ3n) is 3.73. The topological polar surface area (TPSA) is 60.7 Å². The van der Waals surface area contributed by atoms with Crippen molar-refractivity contribution >= 4 is 22.6 Å². The van der Waals surface area contributed by atoms with Gasteiger partial charge in [0.15, 0.2) is 17.3 Å². The maximum Gasteiger partial charge on any atom is 0.291 e. The molecule has 1 N–H and O–H groups in total. The van der Waals surface area contributed by atoms with Gasteiger partial charge in [0.25, 0.3) is 5.91 Å². The predicted molar refractivity (Wildman–Crippen MR) is 81.4 cm³/mol. The molecule has 0 unspecified atom stereocenters. The molecule has 0 radical (unpaired) electrons. The summed E-state index contributed by atoms with van der Waals surface area (Å²) in [6, 6.07) is 9.27. The van der Waals surface area contributed by atoms with Gasteiger partial charge in [0.1, 0.15) is 11.4 Å². The number of carbonyl (C=O) groups excluding carboxylic acids is 1. The standard InChI is InChI=1S/C17H12FNO4/c1-9-12-6-10(18)2-4-13(12)23-16(9)17(20)19-11-3-5-14-15(7-11)22-8-21-14/h2-7H,8H2,1H3,(H,19,20). The van der Waals surface area contributed by atoms with E-state index in [0.717, 1.165) is 0 Å². The van der Waals surface area contributed by atoms with Gasteiger partial charge in [-0.2, -0.15) is 0 Å². The molecule has 0 saturated carbocycles. The molecule has 0 fully saturated rings. The highest BCUT2D eigenvalue weighted by Crippen LogP contribution is 2.34. The van der Waals surface area contributed by atoms with Gasteiger partial charge < -0.3 is 19.2 Å². The van der Waals surface area contributed by atoms with E-state index in [1.54, 1.807) is 25.1 Å². The number of halogens is 1. The molecule has 2 aromatic carbocycles. The first kappa shape index (κ1) is 13.6. The van der Waals surface area contributed by atoms with Crippen LogP contribution in [0.4, 0.5) is 10.1 Å². The van der Waals surface area contributed by atoms with Crippen LogP contribution >= 0.6 is 0 Å². The van der Waals surface area contributed by atoms with Crippen LogP contribution in [0.5, 0.6) is 11.5 Å². The molecule has 6 heteroatoms. The number of hydrogen-bond donors (Lipinski definition) is 1. The van der Waals surface area contributed by atoms with Crippen molar-refractivity contribution in [3.63, 3.8) is 0 Å². The van der Waals surface area contributed by atoms with E-state index in [1.165, 1.54) is 18.2 Å². The van der Waals surface area contributed by atoms with Gasteiger partial charge in [-0.1, -0.05) is 0 Å². The molecule has 4 rings (SSSR count). The molecule has 1 aliphatic heterocycles. The third-order valence-corrected chi connectivity index (χ3v) is 3.73. The number of hydrogen-bond acceptors (Lipinski definition) is 4. The molecule has 0 saturated heterocycles. The number of ether oxygens (including phenoxy) is 2. The molecule has 1 amide bonds. The zero-order chi connectivity index (χ0) is 16.0. The molecular formula is C17H12FNO4. The second-order valence-electron chi connectivity index (χ2n) is 5.22. The summed E-state index contributed by atoms with van der Waals surface area (Å²) >= 11 is 0. The number of amides is 1. The largest absolute Gasteiger partial charge is 0.454 e. The molecule has 2 heterocycles.